The Bertz CT molecular complexity index is 610. The van der Waals surface area contributed by atoms with Crippen molar-refractivity contribution in [2.24, 2.45) is 0 Å². The molecule has 0 atom stereocenters. The van der Waals surface area contributed by atoms with Crippen molar-refractivity contribution in [3.05, 3.63) is 39.5 Å². The zero-order valence-electron chi connectivity index (χ0n) is 9.82. The van der Waals surface area contributed by atoms with E-state index in [9.17, 15) is 4.79 Å². The van der Waals surface area contributed by atoms with E-state index >= 15 is 0 Å². The number of aryl methyl sites for hydroxylation is 1. The fourth-order valence-electron chi connectivity index (χ4n) is 1.57. The quantitative estimate of drug-likeness (QED) is 0.896. The first-order valence-electron chi connectivity index (χ1n) is 5.22. The molecule has 4 nitrogen and oxygen atoms in total. The van der Waals surface area contributed by atoms with Crippen LogP contribution in [0.4, 0.5) is 10.7 Å². The molecular weight excluding hydrogens is 316 g/mol. The number of nitrogens with zero attached hydrogens (tertiary/aromatic N) is 1. The Morgan fingerprint density at radius 2 is 2.17 bits per heavy atom. The first-order valence-corrected chi connectivity index (χ1v) is 6.79. The van der Waals surface area contributed by atoms with Gasteiger partial charge in [-0.05, 0) is 43.1 Å². The number of carboxylic acid groups (broad SMARTS) is 1. The van der Waals surface area contributed by atoms with Crippen LogP contribution in [0.2, 0.25) is 0 Å². The van der Waals surface area contributed by atoms with E-state index < -0.39 is 5.97 Å². The van der Waals surface area contributed by atoms with Gasteiger partial charge in [0, 0.05) is 10.2 Å². The highest BCUT2D eigenvalue weighted by Gasteiger charge is 2.18. The second kappa shape index (κ2) is 5.07. The number of benzene rings is 1. The monoisotopic (exact) mass is 326 g/mol. The molecule has 0 bridgehead atoms. The van der Waals surface area contributed by atoms with Gasteiger partial charge in [-0.3, -0.25) is 0 Å². The number of carbonyl (C=O) groups is 1. The lowest BCUT2D eigenvalue weighted by Crippen LogP contribution is -2.02. The number of nitrogens with one attached hydrogen (secondary N) is 1. The van der Waals surface area contributed by atoms with Crippen molar-refractivity contribution >= 4 is 44.1 Å². The van der Waals surface area contributed by atoms with Gasteiger partial charge >= 0.3 is 5.97 Å². The highest BCUT2D eigenvalue weighted by Crippen LogP contribution is 2.31. The molecular formula is C12H11BrN2O2S. The molecule has 0 radical (unpaired) electrons. The van der Waals surface area contributed by atoms with Crippen molar-refractivity contribution in [3.63, 3.8) is 0 Å². The average Bonchev–Trinajstić information content (AvgIpc) is 2.66. The lowest BCUT2D eigenvalue weighted by atomic mass is 10.2. The number of anilines is 2. The number of aromatic carboxylic acids is 1. The van der Waals surface area contributed by atoms with E-state index in [1.54, 1.807) is 6.92 Å². The van der Waals surface area contributed by atoms with Gasteiger partial charge in [0.2, 0.25) is 0 Å². The van der Waals surface area contributed by atoms with Gasteiger partial charge in [0.1, 0.15) is 10.6 Å². The fourth-order valence-corrected chi connectivity index (χ4v) is 2.74. The van der Waals surface area contributed by atoms with Gasteiger partial charge in [-0.25, -0.2) is 4.79 Å². The van der Waals surface area contributed by atoms with Crippen LogP contribution in [0.25, 0.3) is 0 Å². The molecule has 0 saturated carbocycles. The molecule has 0 unspecified atom stereocenters. The van der Waals surface area contributed by atoms with E-state index in [0.29, 0.717) is 10.7 Å². The predicted octanol–water partition coefficient (Wildman–Crippen LogP) is 3.96. The van der Waals surface area contributed by atoms with Crippen LogP contribution in [0.5, 0.6) is 0 Å². The second-order valence-corrected chi connectivity index (χ2v) is 5.44. The molecule has 6 heteroatoms. The van der Waals surface area contributed by atoms with Crippen LogP contribution in [0.15, 0.2) is 22.7 Å². The molecule has 0 spiro atoms. The van der Waals surface area contributed by atoms with Crippen LogP contribution < -0.4 is 5.32 Å². The van der Waals surface area contributed by atoms with E-state index in [1.807, 2.05) is 25.1 Å². The Morgan fingerprint density at radius 1 is 1.44 bits per heavy atom. The van der Waals surface area contributed by atoms with Crippen LogP contribution in [-0.2, 0) is 0 Å². The number of hydrogen-bond donors (Lipinski definition) is 2. The minimum atomic E-state index is -0.962. The summed E-state index contributed by atoms with van der Waals surface area (Å²) in [6, 6.07) is 5.74. The Hall–Kier alpha value is -1.40. The first kappa shape index (κ1) is 13.0. The summed E-state index contributed by atoms with van der Waals surface area (Å²) in [7, 11) is 0. The van der Waals surface area contributed by atoms with E-state index in [1.165, 1.54) is 0 Å². The maximum atomic E-state index is 11.2. The van der Waals surface area contributed by atoms with Gasteiger partial charge in [-0.2, -0.15) is 4.37 Å². The summed E-state index contributed by atoms with van der Waals surface area (Å²) in [6.45, 7) is 3.65. The summed E-state index contributed by atoms with van der Waals surface area (Å²) in [4.78, 5) is 11.2. The number of halogens is 1. The van der Waals surface area contributed by atoms with Crippen LogP contribution >= 0.6 is 27.5 Å². The van der Waals surface area contributed by atoms with Crippen molar-refractivity contribution in [1.29, 1.82) is 0 Å². The molecule has 1 aromatic heterocycles. The van der Waals surface area contributed by atoms with E-state index in [-0.39, 0.29) is 5.56 Å². The summed E-state index contributed by atoms with van der Waals surface area (Å²) in [5.74, 6) is -0.962. The minimum absolute atomic E-state index is 0.236. The standard InChI is InChI=1S/C12H11BrN2O2S/c1-6-8(13)4-3-5-9(6)14-11-10(12(16)17)7(2)15-18-11/h3-5,14H,1-2H3,(H,16,17). The molecule has 0 aliphatic carbocycles. The third-order valence-electron chi connectivity index (χ3n) is 2.59. The number of rotatable bonds is 3. The molecule has 2 rings (SSSR count). The van der Waals surface area contributed by atoms with Crippen LogP contribution in [0, 0.1) is 13.8 Å². The Balaban J connectivity index is 2.41. The molecule has 2 N–H and O–H groups in total. The summed E-state index contributed by atoms with van der Waals surface area (Å²) in [6.07, 6.45) is 0. The summed E-state index contributed by atoms with van der Waals surface area (Å²) in [5, 5.41) is 12.8. The lowest BCUT2D eigenvalue weighted by molar-refractivity contribution is 0.0697. The van der Waals surface area contributed by atoms with Gasteiger partial charge < -0.3 is 10.4 Å². The van der Waals surface area contributed by atoms with Crippen molar-refractivity contribution in [1.82, 2.24) is 4.37 Å². The molecule has 0 amide bonds. The largest absolute Gasteiger partial charge is 0.478 e. The van der Waals surface area contributed by atoms with Gasteiger partial charge in [0.15, 0.2) is 0 Å². The van der Waals surface area contributed by atoms with E-state index in [2.05, 4.69) is 25.6 Å². The molecule has 0 aliphatic rings. The number of aromatic nitrogens is 1. The summed E-state index contributed by atoms with van der Waals surface area (Å²) in [5.41, 5.74) is 2.66. The van der Waals surface area contributed by atoms with Gasteiger partial charge in [-0.1, -0.05) is 22.0 Å². The van der Waals surface area contributed by atoms with E-state index in [4.69, 9.17) is 5.11 Å². The minimum Gasteiger partial charge on any atom is -0.478 e. The molecule has 1 heterocycles. The molecule has 1 aromatic carbocycles. The Kier molecular flexibility index (Phi) is 3.68. The van der Waals surface area contributed by atoms with Gasteiger partial charge in [0.05, 0.1) is 5.69 Å². The van der Waals surface area contributed by atoms with Gasteiger partial charge in [0.25, 0.3) is 0 Å². The molecule has 0 saturated heterocycles. The molecule has 94 valence electrons. The maximum absolute atomic E-state index is 11.2. The second-order valence-electron chi connectivity index (χ2n) is 3.81. The van der Waals surface area contributed by atoms with Crippen molar-refractivity contribution in [2.75, 3.05) is 5.32 Å². The van der Waals surface area contributed by atoms with E-state index in [0.717, 1.165) is 27.3 Å². The first-order chi connectivity index (χ1) is 8.50. The Morgan fingerprint density at radius 3 is 2.83 bits per heavy atom. The van der Waals surface area contributed by atoms with Crippen LogP contribution in [-0.4, -0.2) is 15.4 Å². The van der Waals surface area contributed by atoms with Crippen molar-refractivity contribution in [3.8, 4) is 0 Å². The molecule has 0 fully saturated rings. The highest BCUT2D eigenvalue weighted by atomic mass is 79.9. The summed E-state index contributed by atoms with van der Waals surface area (Å²) >= 11 is 4.60. The van der Waals surface area contributed by atoms with Crippen LogP contribution in [0.3, 0.4) is 0 Å². The average molecular weight is 327 g/mol. The number of carboxylic acids is 1. The summed E-state index contributed by atoms with van der Waals surface area (Å²) < 4.78 is 5.05. The normalized spacial score (nSPS) is 10.4. The third-order valence-corrected chi connectivity index (χ3v) is 4.31. The smallest absolute Gasteiger partial charge is 0.340 e. The van der Waals surface area contributed by atoms with Crippen molar-refractivity contribution < 1.29 is 9.90 Å². The zero-order chi connectivity index (χ0) is 13.3. The fraction of sp³-hybridized carbons (Fsp3) is 0.167. The number of hydrogen-bond acceptors (Lipinski definition) is 4. The highest BCUT2D eigenvalue weighted by molar-refractivity contribution is 9.10. The third kappa shape index (κ3) is 2.39. The lowest BCUT2D eigenvalue weighted by Gasteiger charge is -2.09. The Labute approximate surface area is 117 Å². The maximum Gasteiger partial charge on any atom is 0.340 e. The molecule has 2 aromatic rings. The van der Waals surface area contributed by atoms with Gasteiger partial charge in [-0.15, -0.1) is 0 Å². The predicted molar refractivity (Wildman–Crippen MR) is 76.0 cm³/mol. The topological polar surface area (TPSA) is 62.2 Å². The molecule has 0 aliphatic heterocycles. The zero-order valence-corrected chi connectivity index (χ0v) is 12.2. The van der Waals surface area contributed by atoms with Crippen LogP contribution in [0.1, 0.15) is 21.6 Å². The van der Waals surface area contributed by atoms with Crippen molar-refractivity contribution in [2.45, 2.75) is 13.8 Å². The SMILES string of the molecule is Cc1nsc(Nc2cccc(Br)c2C)c1C(=O)O. The molecule has 18 heavy (non-hydrogen) atoms.